The molecule has 0 saturated carbocycles. The van der Waals surface area contributed by atoms with E-state index in [9.17, 15) is 4.79 Å². The summed E-state index contributed by atoms with van der Waals surface area (Å²) in [5.74, 6) is 0.123. The molecule has 1 atom stereocenters. The molecule has 2 N–H and O–H groups in total. The van der Waals surface area contributed by atoms with Crippen molar-refractivity contribution in [3.8, 4) is 0 Å². The van der Waals surface area contributed by atoms with Crippen LogP contribution in [0.15, 0.2) is 29.6 Å². The Bertz CT molecular complexity index is 755. The Morgan fingerprint density at radius 2 is 1.75 bits per heavy atom. The van der Waals surface area contributed by atoms with Gasteiger partial charge in [-0.05, 0) is 67.6 Å². The summed E-state index contributed by atoms with van der Waals surface area (Å²) in [6.45, 7) is 4.20. The highest BCUT2D eigenvalue weighted by atomic mass is 35.5. The Kier molecular flexibility index (Phi) is 9.03. The molecule has 2 saturated heterocycles. The molecule has 2 fully saturated rings. The molecular weight excluding hydrogens is 413 g/mol. The Hall–Kier alpha value is -0.850. The van der Waals surface area contributed by atoms with Crippen molar-refractivity contribution in [3.05, 3.63) is 35.2 Å². The first-order valence-electron chi connectivity index (χ1n) is 9.96. The molecule has 0 unspecified atom stereocenters. The number of benzene rings is 1. The van der Waals surface area contributed by atoms with Crippen molar-refractivity contribution < 1.29 is 4.79 Å². The number of carbonyl (C=O) groups excluding carboxylic acids is 1. The normalized spacial score (nSPS) is 19.7. The maximum absolute atomic E-state index is 12.8. The lowest BCUT2D eigenvalue weighted by Gasteiger charge is -2.40. The van der Waals surface area contributed by atoms with Crippen molar-refractivity contribution in [1.82, 2.24) is 9.80 Å². The summed E-state index contributed by atoms with van der Waals surface area (Å²) in [7, 11) is 0. The third-order valence-corrected chi connectivity index (χ3v) is 7.01. The second kappa shape index (κ2) is 10.8. The number of fused-ring (bicyclic) bond motifs is 1. The maximum atomic E-state index is 12.8. The molecular formula is C21H31Cl2N3OS. The third kappa shape index (κ3) is 5.19. The highest BCUT2D eigenvalue weighted by Crippen LogP contribution is 2.27. The second-order valence-corrected chi connectivity index (χ2v) is 8.63. The minimum Gasteiger partial charge on any atom is -0.341 e. The summed E-state index contributed by atoms with van der Waals surface area (Å²) in [5.41, 5.74) is 7.51. The molecule has 0 aliphatic carbocycles. The first kappa shape index (κ1) is 23.4. The molecule has 0 bridgehead atoms. The lowest BCUT2D eigenvalue weighted by molar-refractivity contribution is -0.134. The van der Waals surface area contributed by atoms with Crippen LogP contribution in [0.1, 0.15) is 37.7 Å². The van der Waals surface area contributed by atoms with E-state index in [1.54, 1.807) is 11.3 Å². The number of hydrogen-bond donors (Lipinski definition) is 1. The van der Waals surface area contributed by atoms with E-state index in [1.807, 2.05) is 4.90 Å². The van der Waals surface area contributed by atoms with Crippen LogP contribution in [0, 0.1) is 0 Å². The van der Waals surface area contributed by atoms with Gasteiger partial charge in [-0.3, -0.25) is 4.79 Å². The first-order valence-corrected chi connectivity index (χ1v) is 10.8. The highest BCUT2D eigenvalue weighted by molar-refractivity contribution is 7.17. The van der Waals surface area contributed by atoms with Crippen LogP contribution in [-0.2, 0) is 11.2 Å². The topological polar surface area (TPSA) is 49.6 Å². The zero-order valence-corrected chi connectivity index (χ0v) is 18.7. The van der Waals surface area contributed by atoms with Gasteiger partial charge >= 0.3 is 0 Å². The predicted octanol–water partition coefficient (Wildman–Crippen LogP) is 4.09. The molecule has 2 aromatic rings. The molecule has 1 amide bonds. The maximum Gasteiger partial charge on any atom is 0.239 e. The van der Waals surface area contributed by atoms with Crippen LogP contribution in [0.2, 0.25) is 0 Å². The lowest BCUT2D eigenvalue weighted by Crippen LogP contribution is -2.52. The fourth-order valence-electron chi connectivity index (χ4n) is 4.48. The first-order chi connectivity index (χ1) is 12.7. The molecule has 1 aromatic heterocycles. The highest BCUT2D eigenvalue weighted by Gasteiger charge is 2.29. The molecule has 0 radical (unpaired) electrons. The van der Waals surface area contributed by atoms with E-state index in [-0.39, 0.29) is 30.7 Å². The standard InChI is InChI=1S/C21H29N3OS.2ClH/c22-19(14-16-15-26-20-7-3-2-6-18(16)20)21(25)24-12-8-17(9-13-24)23-10-4-1-5-11-23;;/h2-3,6-7,15,17,19H,1,4-5,8-14,22H2;2*1H/t19-;;/m1../s1. The molecule has 4 rings (SSSR count). The Morgan fingerprint density at radius 1 is 1.07 bits per heavy atom. The summed E-state index contributed by atoms with van der Waals surface area (Å²) in [4.78, 5) is 17.5. The van der Waals surface area contributed by atoms with E-state index in [0.717, 1.165) is 25.9 Å². The van der Waals surface area contributed by atoms with Gasteiger partial charge in [-0.1, -0.05) is 24.6 Å². The van der Waals surface area contributed by atoms with Crippen molar-refractivity contribution in [2.45, 2.75) is 50.6 Å². The number of carbonyl (C=O) groups is 1. The Morgan fingerprint density at radius 3 is 2.46 bits per heavy atom. The van der Waals surface area contributed by atoms with Gasteiger partial charge in [0.1, 0.15) is 0 Å². The zero-order chi connectivity index (χ0) is 17.9. The van der Waals surface area contributed by atoms with E-state index >= 15 is 0 Å². The van der Waals surface area contributed by atoms with Gasteiger partial charge in [0.05, 0.1) is 6.04 Å². The number of hydrogen-bond acceptors (Lipinski definition) is 4. The molecule has 0 spiro atoms. The monoisotopic (exact) mass is 443 g/mol. The van der Waals surface area contributed by atoms with Crippen molar-refractivity contribution in [2.75, 3.05) is 26.2 Å². The van der Waals surface area contributed by atoms with Crippen molar-refractivity contribution in [1.29, 1.82) is 0 Å². The van der Waals surface area contributed by atoms with Crippen LogP contribution in [0.3, 0.4) is 0 Å². The molecule has 1 aromatic carbocycles. The van der Waals surface area contributed by atoms with E-state index in [1.165, 1.54) is 48.0 Å². The number of amides is 1. The van der Waals surface area contributed by atoms with Gasteiger partial charge in [0.2, 0.25) is 5.91 Å². The van der Waals surface area contributed by atoms with Gasteiger partial charge < -0.3 is 15.5 Å². The fraction of sp³-hybridized carbons (Fsp3) is 0.571. The smallest absolute Gasteiger partial charge is 0.239 e. The van der Waals surface area contributed by atoms with Crippen molar-refractivity contribution in [3.63, 3.8) is 0 Å². The third-order valence-electron chi connectivity index (χ3n) is 6.00. The Labute approximate surface area is 184 Å². The van der Waals surface area contributed by atoms with Gasteiger partial charge in [0.15, 0.2) is 0 Å². The zero-order valence-electron chi connectivity index (χ0n) is 16.2. The second-order valence-electron chi connectivity index (χ2n) is 7.72. The van der Waals surface area contributed by atoms with Crippen molar-refractivity contribution >= 4 is 52.1 Å². The summed E-state index contributed by atoms with van der Waals surface area (Å²) >= 11 is 1.73. The number of nitrogens with zero attached hydrogens (tertiary/aromatic N) is 2. The molecule has 156 valence electrons. The van der Waals surface area contributed by atoms with Crippen LogP contribution >= 0.6 is 36.2 Å². The van der Waals surface area contributed by atoms with Crippen LogP contribution in [0.4, 0.5) is 0 Å². The van der Waals surface area contributed by atoms with E-state index in [2.05, 4.69) is 34.5 Å². The van der Waals surface area contributed by atoms with Gasteiger partial charge in [0, 0.05) is 23.8 Å². The lowest BCUT2D eigenvalue weighted by atomic mass is 9.98. The average Bonchev–Trinajstić information content (AvgIpc) is 3.11. The quantitative estimate of drug-likeness (QED) is 0.773. The number of nitrogens with two attached hydrogens (primary N) is 1. The summed E-state index contributed by atoms with van der Waals surface area (Å²) in [5, 5.41) is 3.39. The Balaban J connectivity index is 0.00000140. The largest absolute Gasteiger partial charge is 0.341 e. The molecule has 4 nitrogen and oxygen atoms in total. The van der Waals surface area contributed by atoms with Gasteiger partial charge in [-0.15, -0.1) is 36.2 Å². The van der Waals surface area contributed by atoms with E-state index in [0.29, 0.717) is 12.5 Å². The molecule has 2 aliphatic rings. The summed E-state index contributed by atoms with van der Waals surface area (Å²) < 4.78 is 1.27. The van der Waals surface area contributed by atoms with Crippen LogP contribution in [-0.4, -0.2) is 54.0 Å². The van der Waals surface area contributed by atoms with Crippen LogP contribution in [0.25, 0.3) is 10.1 Å². The summed E-state index contributed by atoms with van der Waals surface area (Å²) in [6, 6.07) is 8.60. The molecule has 7 heteroatoms. The molecule has 3 heterocycles. The van der Waals surface area contributed by atoms with Crippen LogP contribution < -0.4 is 5.73 Å². The fourth-order valence-corrected chi connectivity index (χ4v) is 5.46. The number of thiophene rings is 1. The summed E-state index contributed by atoms with van der Waals surface area (Å²) in [6.07, 6.45) is 6.87. The SMILES string of the molecule is Cl.Cl.N[C@H](Cc1csc2ccccc12)C(=O)N1CCC(N2CCCCC2)CC1. The molecule has 28 heavy (non-hydrogen) atoms. The minimum absolute atomic E-state index is 0. The van der Waals surface area contributed by atoms with Gasteiger partial charge in [0.25, 0.3) is 0 Å². The van der Waals surface area contributed by atoms with Gasteiger partial charge in [-0.25, -0.2) is 0 Å². The van der Waals surface area contributed by atoms with E-state index in [4.69, 9.17) is 5.73 Å². The van der Waals surface area contributed by atoms with E-state index < -0.39 is 6.04 Å². The number of rotatable bonds is 4. The van der Waals surface area contributed by atoms with Crippen LogP contribution in [0.5, 0.6) is 0 Å². The van der Waals surface area contributed by atoms with Crippen molar-refractivity contribution in [2.24, 2.45) is 5.73 Å². The molecule has 2 aliphatic heterocycles. The predicted molar refractivity (Wildman–Crippen MR) is 123 cm³/mol. The average molecular weight is 444 g/mol. The number of piperidine rings is 2. The van der Waals surface area contributed by atoms with Gasteiger partial charge in [-0.2, -0.15) is 0 Å². The number of halogens is 2. The minimum atomic E-state index is -0.431. The number of likely N-dealkylation sites (tertiary alicyclic amines) is 2.